The van der Waals surface area contributed by atoms with Gasteiger partial charge in [0.25, 0.3) is 5.91 Å². The van der Waals surface area contributed by atoms with E-state index in [2.05, 4.69) is 24.3 Å². The number of hydrogen-bond donors (Lipinski definition) is 1. The summed E-state index contributed by atoms with van der Waals surface area (Å²) in [6.45, 7) is 6.12. The van der Waals surface area contributed by atoms with E-state index in [1.165, 1.54) is 0 Å². The lowest BCUT2D eigenvalue weighted by atomic mass is 10.1. The van der Waals surface area contributed by atoms with E-state index in [-0.39, 0.29) is 11.9 Å². The molecule has 3 aromatic rings. The van der Waals surface area contributed by atoms with Gasteiger partial charge in [0.15, 0.2) is 0 Å². The molecule has 0 aliphatic carbocycles. The van der Waals surface area contributed by atoms with Crippen LogP contribution in [0.4, 0.5) is 0 Å². The zero-order chi connectivity index (χ0) is 19.6. The average molecular weight is 402 g/mol. The zero-order valence-electron chi connectivity index (χ0n) is 15.4. The quantitative estimate of drug-likeness (QED) is 0.602. The lowest BCUT2D eigenvalue weighted by molar-refractivity contribution is 0.0922. The van der Waals surface area contributed by atoms with Crippen LogP contribution in [0.5, 0.6) is 0 Å². The molecule has 27 heavy (non-hydrogen) atoms. The third-order valence-electron chi connectivity index (χ3n) is 4.52. The SMILES string of the molecule is CC(C)[C@@H](C)NC(=O)c1cc(-c2ccccc2Cl)nn1-c1ccc(Cl)cc1. The highest BCUT2D eigenvalue weighted by atomic mass is 35.5. The minimum Gasteiger partial charge on any atom is -0.348 e. The van der Waals surface area contributed by atoms with Crippen LogP contribution in [0.2, 0.25) is 10.0 Å². The van der Waals surface area contributed by atoms with Gasteiger partial charge in [-0.2, -0.15) is 5.10 Å². The van der Waals surface area contributed by atoms with E-state index in [0.717, 1.165) is 11.3 Å². The van der Waals surface area contributed by atoms with Crippen LogP contribution in [0.15, 0.2) is 54.6 Å². The number of aromatic nitrogens is 2. The molecule has 0 spiro atoms. The van der Waals surface area contributed by atoms with Crippen molar-refractivity contribution in [1.82, 2.24) is 15.1 Å². The molecule has 6 heteroatoms. The number of benzene rings is 2. The van der Waals surface area contributed by atoms with E-state index in [1.807, 2.05) is 37.3 Å². The van der Waals surface area contributed by atoms with E-state index >= 15 is 0 Å². The molecule has 0 saturated carbocycles. The lowest BCUT2D eigenvalue weighted by Gasteiger charge is -2.17. The number of nitrogens with zero attached hydrogens (tertiary/aromatic N) is 2. The Balaban J connectivity index is 2.08. The van der Waals surface area contributed by atoms with Gasteiger partial charge < -0.3 is 5.32 Å². The van der Waals surface area contributed by atoms with Crippen molar-refractivity contribution >= 4 is 29.1 Å². The molecule has 0 fully saturated rings. The maximum Gasteiger partial charge on any atom is 0.270 e. The predicted molar refractivity (Wildman–Crippen MR) is 111 cm³/mol. The van der Waals surface area contributed by atoms with Gasteiger partial charge in [0.05, 0.1) is 16.4 Å². The first kappa shape index (κ1) is 19.5. The van der Waals surface area contributed by atoms with Gasteiger partial charge >= 0.3 is 0 Å². The van der Waals surface area contributed by atoms with Crippen LogP contribution in [0.3, 0.4) is 0 Å². The first-order chi connectivity index (χ1) is 12.9. The second-order valence-corrected chi connectivity index (χ2v) is 7.63. The number of halogens is 2. The van der Waals surface area contributed by atoms with E-state index in [9.17, 15) is 4.79 Å². The summed E-state index contributed by atoms with van der Waals surface area (Å²) < 4.78 is 1.62. The average Bonchev–Trinajstić information content (AvgIpc) is 3.07. The summed E-state index contributed by atoms with van der Waals surface area (Å²) in [5.41, 5.74) is 2.61. The normalized spacial score (nSPS) is 12.2. The largest absolute Gasteiger partial charge is 0.348 e. The van der Waals surface area contributed by atoms with Crippen molar-refractivity contribution in [2.45, 2.75) is 26.8 Å². The molecule has 1 aromatic heterocycles. The van der Waals surface area contributed by atoms with Gasteiger partial charge in [0.2, 0.25) is 0 Å². The Morgan fingerprint density at radius 3 is 2.33 bits per heavy atom. The van der Waals surface area contributed by atoms with Crippen LogP contribution in [0.1, 0.15) is 31.3 Å². The van der Waals surface area contributed by atoms with Crippen molar-refractivity contribution in [2.75, 3.05) is 0 Å². The molecule has 4 nitrogen and oxygen atoms in total. The molecule has 0 saturated heterocycles. The molecule has 1 heterocycles. The highest BCUT2D eigenvalue weighted by Gasteiger charge is 2.20. The number of carbonyl (C=O) groups excluding carboxylic acids is 1. The van der Waals surface area contributed by atoms with Gasteiger partial charge in [-0.3, -0.25) is 4.79 Å². The minimum absolute atomic E-state index is 0.0369. The summed E-state index contributed by atoms with van der Waals surface area (Å²) in [5.74, 6) is 0.140. The van der Waals surface area contributed by atoms with Crippen molar-refractivity contribution in [1.29, 1.82) is 0 Å². The Morgan fingerprint density at radius 1 is 1.04 bits per heavy atom. The molecule has 0 bridgehead atoms. The van der Waals surface area contributed by atoms with Crippen molar-refractivity contribution in [3.63, 3.8) is 0 Å². The monoisotopic (exact) mass is 401 g/mol. The highest BCUT2D eigenvalue weighted by Crippen LogP contribution is 2.28. The molecule has 0 radical (unpaired) electrons. The molecule has 3 rings (SSSR count). The summed E-state index contributed by atoms with van der Waals surface area (Å²) in [5, 5.41) is 8.89. The van der Waals surface area contributed by atoms with Crippen LogP contribution in [-0.2, 0) is 0 Å². The van der Waals surface area contributed by atoms with Gasteiger partial charge in [-0.15, -0.1) is 0 Å². The maximum atomic E-state index is 12.9. The lowest BCUT2D eigenvalue weighted by Crippen LogP contribution is -2.37. The maximum absolute atomic E-state index is 12.9. The van der Waals surface area contributed by atoms with Crippen molar-refractivity contribution in [3.05, 3.63) is 70.3 Å². The molecule has 1 N–H and O–H groups in total. The second kappa shape index (κ2) is 8.15. The highest BCUT2D eigenvalue weighted by molar-refractivity contribution is 6.33. The Bertz CT molecular complexity index is 948. The number of amides is 1. The van der Waals surface area contributed by atoms with Gasteiger partial charge in [0.1, 0.15) is 5.69 Å². The molecule has 1 atom stereocenters. The van der Waals surface area contributed by atoms with Gasteiger partial charge in [-0.1, -0.05) is 55.2 Å². The zero-order valence-corrected chi connectivity index (χ0v) is 16.9. The fourth-order valence-electron chi connectivity index (χ4n) is 2.57. The van der Waals surface area contributed by atoms with Crippen LogP contribution >= 0.6 is 23.2 Å². The van der Waals surface area contributed by atoms with Gasteiger partial charge in [-0.25, -0.2) is 4.68 Å². The third-order valence-corrected chi connectivity index (χ3v) is 5.10. The molecule has 0 aliphatic rings. The van der Waals surface area contributed by atoms with Gasteiger partial charge in [0, 0.05) is 16.6 Å². The standard InChI is InChI=1S/C21H21Cl2N3O/c1-13(2)14(3)24-21(27)20-12-19(17-6-4-5-7-18(17)23)25-26(20)16-10-8-15(22)9-11-16/h4-14H,1-3H3,(H,24,27)/t14-/m1/s1. The second-order valence-electron chi connectivity index (χ2n) is 6.79. The number of rotatable bonds is 5. The summed E-state index contributed by atoms with van der Waals surface area (Å²) >= 11 is 12.3. The number of nitrogens with one attached hydrogen (secondary N) is 1. The predicted octanol–water partition coefficient (Wildman–Crippen LogP) is 5.62. The van der Waals surface area contributed by atoms with Crippen LogP contribution in [-0.4, -0.2) is 21.7 Å². The van der Waals surface area contributed by atoms with Crippen LogP contribution < -0.4 is 5.32 Å². The van der Waals surface area contributed by atoms with E-state index in [0.29, 0.717) is 27.4 Å². The minimum atomic E-state index is -0.183. The van der Waals surface area contributed by atoms with Crippen molar-refractivity contribution < 1.29 is 4.79 Å². The summed E-state index contributed by atoms with van der Waals surface area (Å²) in [4.78, 5) is 12.9. The smallest absolute Gasteiger partial charge is 0.270 e. The van der Waals surface area contributed by atoms with Crippen LogP contribution in [0.25, 0.3) is 16.9 Å². The Labute approximate surface area is 169 Å². The topological polar surface area (TPSA) is 46.9 Å². The van der Waals surface area contributed by atoms with E-state index < -0.39 is 0 Å². The van der Waals surface area contributed by atoms with Gasteiger partial charge in [-0.05, 0) is 49.2 Å². The number of carbonyl (C=O) groups is 1. The first-order valence-electron chi connectivity index (χ1n) is 8.78. The van der Waals surface area contributed by atoms with Crippen molar-refractivity contribution in [2.24, 2.45) is 5.92 Å². The summed E-state index contributed by atoms with van der Waals surface area (Å²) in [6, 6.07) is 16.4. The molecule has 0 aliphatic heterocycles. The summed E-state index contributed by atoms with van der Waals surface area (Å²) in [6.07, 6.45) is 0. The van der Waals surface area contributed by atoms with E-state index in [4.69, 9.17) is 23.2 Å². The molecule has 1 amide bonds. The molecular formula is C21H21Cl2N3O. The fraction of sp³-hybridized carbons (Fsp3) is 0.238. The Hall–Kier alpha value is -2.30. The van der Waals surface area contributed by atoms with Crippen LogP contribution in [0, 0.1) is 5.92 Å². The van der Waals surface area contributed by atoms with Crippen molar-refractivity contribution in [3.8, 4) is 16.9 Å². The van der Waals surface area contributed by atoms with E-state index in [1.54, 1.807) is 28.9 Å². The third kappa shape index (κ3) is 4.34. The molecule has 0 unspecified atom stereocenters. The molecule has 2 aromatic carbocycles. The number of hydrogen-bond acceptors (Lipinski definition) is 2. The fourth-order valence-corrected chi connectivity index (χ4v) is 2.93. The Kier molecular flexibility index (Phi) is 5.88. The molecular weight excluding hydrogens is 381 g/mol. The molecule has 140 valence electrons. The Morgan fingerprint density at radius 2 is 1.70 bits per heavy atom. The first-order valence-corrected chi connectivity index (χ1v) is 9.54. The summed E-state index contributed by atoms with van der Waals surface area (Å²) in [7, 11) is 0.